The summed E-state index contributed by atoms with van der Waals surface area (Å²) in [5, 5.41) is 0. The van der Waals surface area contributed by atoms with Crippen molar-refractivity contribution in [2.45, 2.75) is 0 Å². The van der Waals surface area contributed by atoms with Crippen molar-refractivity contribution in [3.63, 3.8) is 0 Å². The molecule has 0 saturated carbocycles. The van der Waals surface area contributed by atoms with E-state index in [4.69, 9.17) is 0 Å². The number of benzene rings is 2. The topological polar surface area (TPSA) is 17.1 Å². The SMILES string of the molecule is O=C(c1ccc(F)c(Br)c1)c1ccc(Br)cc1Br. The van der Waals surface area contributed by atoms with Gasteiger partial charge >= 0.3 is 0 Å². The molecule has 0 unspecified atom stereocenters. The second-order valence-electron chi connectivity index (χ2n) is 3.58. The second kappa shape index (κ2) is 5.63. The Morgan fingerprint density at radius 3 is 2.28 bits per heavy atom. The zero-order valence-corrected chi connectivity index (χ0v) is 13.6. The lowest BCUT2D eigenvalue weighted by Gasteiger charge is -2.05. The Labute approximate surface area is 129 Å². The summed E-state index contributed by atoms with van der Waals surface area (Å²) in [5.41, 5.74) is 0.975. The summed E-state index contributed by atoms with van der Waals surface area (Å²) in [6, 6.07) is 9.52. The van der Waals surface area contributed by atoms with Gasteiger partial charge in [0.1, 0.15) is 5.82 Å². The molecule has 5 heteroatoms. The molecule has 0 fully saturated rings. The van der Waals surface area contributed by atoms with E-state index in [1.54, 1.807) is 18.2 Å². The monoisotopic (exact) mass is 434 g/mol. The van der Waals surface area contributed by atoms with Crippen molar-refractivity contribution in [3.8, 4) is 0 Å². The van der Waals surface area contributed by atoms with Crippen molar-refractivity contribution in [2.75, 3.05) is 0 Å². The van der Waals surface area contributed by atoms with Gasteiger partial charge in [0, 0.05) is 20.1 Å². The van der Waals surface area contributed by atoms with E-state index in [0.717, 1.165) is 4.47 Å². The van der Waals surface area contributed by atoms with Crippen LogP contribution in [0.3, 0.4) is 0 Å². The smallest absolute Gasteiger partial charge is 0.194 e. The molecule has 0 atom stereocenters. The highest BCUT2D eigenvalue weighted by molar-refractivity contribution is 9.11. The highest BCUT2D eigenvalue weighted by atomic mass is 79.9. The highest BCUT2D eigenvalue weighted by Crippen LogP contribution is 2.25. The first-order valence-electron chi connectivity index (χ1n) is 4.94. The van der Waals surface area contributed by atoms with Crippen LogP contribution in [-0.4, -0.2) is 5.78 Å². The lowest BCUT2D eigenvalue weighted by molar-refractivity contribution is 0.103. The van der Waals surface area contributed by atoms with Crippen LogP contribution in [0.5, 0.6) is 0 Å². The van der Waals surface area contributed by atoms with Gasteiger partial charge in [0.15, 0.2) is 5.78 Å². The van der Waals surface area contributed by atoms with Gasteiger partial charge in [-0.15, -0.1) is 0 Å². The molecule has 0 saturated heterocycles. The average molecular weight is 437 g/mol. The van der Waals surface area contributed by atoms with Gasteiger partial charge in [0.25, 0.3) is 0 Å². The maximum Gasteiger partial charge on any atom is 0.194 e. The van der Waals surface area contributed by atoms with E-state index in [1.165, 1.54) is 18.2 Å². The summed E-state index contributed by atoms with van der Waals surface area (Å²) in [7, 11) is 0. The summed E-state index contributed by atoms with van der Waals surface area (Å²) in [5.74, 6) is -0.545. The fourth-order valence-electron chi connectivity index (χ4n) is 1.47. The molecule has 0 amide bonds. The van der Waals surface area contributed by atoms with Crippen molar-refractivity contribution >= 4 is 53.6 Å². The van der Waals surface area contributed by atoms with Gasteiger partial charge in [-0.25, -0.2) is 4.39 Å². The molecule has 0 aliphatic heterocycles. The Bertz CT molecular complexity index is 626. The molecule has 0 heterocycles. The Hall–Kier alpha value is -0.520. The lowest BCUT2D eigenvalue weighted by Crippen LogP contribution is -2.02. The standard InChI is InChI=1S/C13H6Br3FO/c14-8-2-3-9(10(15)6-8)13(18)7-1-4-12(17)11(16)5-7/h1-6H. The van der Waals surface area contributed by atoms with Gasteiger partial charge in [-0.05, 0) is 68.3 Å². The molecule has 0 aliphatic rings. The minimum Gasteiger partial charge on any atom is -0.289 e. The number of halogens is 4. The molecule has 2 rings (SSSR count). The van der Waals surface area contributed by atoms with Crippen LogP contribution in [0.15, 0.2) is 49.8 Å². The minimum absolute atomic E-state index is 0.157. The van der Waals surface area contributed by atoms with E-state index in [0.29, 0.717) is 15.6 Å². The predicted octanol–water partition coefficient (Wildman–Crippen LogP) is 5.34. The third-order valence-corrected chi connectivity index (χ3v) is 4.11. The van der Waals surface area contributed by atoms with Crippen LogP contribution in [0.25, 0.3) is 0 Å². The fourth-order valence-corrected chi connectivity index (χ4v) is 3.07. The summed E-state index contributed by atoms with van der Waals surface area (Å²) >= 11 is 9.74. The number of carbonyl (C=O) groups is 1. The Morgan fingerprint density at radius 2 is 1.67 bits per heavy atom. The molecule has 0 bridgehead atoms. The minimum atomic E-state index is -0.388. The summed E-state index contributed by atoms with van der Waals surface area (Å²) in [6.45, 7) is 0. The van der Waals surface area contributed by atoms with E-state index in [-0.39, 0.29) is 16.1 Å². The molecule has 2 aromatic carbocycles. The second-order valence-corrected chi connectivity index (χ2v) is 6.21. The molecule has 0 spiro atoms. The first-order chi connectivity index (χ1) is 8.49. The highest BCUT2D eigenvalue weighted by Gasteiger charge is 2.14. The molecule has 1 nitrogen and oxygen atoms in total. The maximum absolute atomic E-state index is 13.1. The first kappa shape index (κ1) is 13.9. The lowest BCUT2D eigenvalue weighted by atomic mass is 10.0. The van der Waals surface area contributed by atoms with Gasteiger partial charge in [-0.3, -0.25) is 4.79 Å². The quantitative estimate of drug-likeness (QED) is 0.580. The van der Waals surface area contributed by atoms with Crippen molar-refractivity contribution in [1.29, 1.82) is 0 Å². The average Bonchev–Trinajstić information content (AvgIpc) is 2.32. The Morgan fingerprint density at radius 1 is 0.944 bits per heavy atom. The molecule has 0 aromatic heterocycles. The van der Waals surface area contributed by atoms with Crippen LogP contribution in [0.2, 0.25) is 0 Å². The van der Waals surface area contributed by atoms with E-state index < -0.39 is 0 Å². The largest absolute Gasteiger partial charge is 0.289 e. The van der Waals surface area contributed by atoms with Crippen molar-refractivity contribution < 1.29 is 9.18 Å². The van der Waals surface area contributed by atoms with E-state index in [2.05, 4.69) is 47.8 Å². The third-order valence-electron chi connectivity index (χ3n) is 2.36. The van der Waals surface area contributed by atoms with Crippen LogP contribution in [0, 0.1) is 5.82 Å². The van der Waals surface area contributed by atoms with Gasteiger partial charge in [-0.2, -0.15) is 0 Å². The fraction of sp³-hybridized carbons (Fsp3) is 0. The van der Waals surface area contributed by atoms with Crippen molar-refractivity contribution in [3.05, 3.63) is 66.8 Å². The summed E-state index contributed by atoms with van der Waals surface area (Å²) in [4.78, 5) is 12.3. The van der Waals surface area contributed by atoms with Crippen molar-refractivity contribution in [1.82, 2.24) is 0 Å². The van der Waals surface area contributed by atoms with Crippen LogP contribution in [-0.2, 0) is 0 Å². The molecule has 2 aromatic rings. The van der Waals surface area contributed by atoms with Gasteiger partial charge in [0.2, 0.25) is 0 Å². The Balaban J connectivity index is 2.44. The van der Waals surface area contributed by atoms with E-state index in [9.17, 15) is 9.18 Å². The summed E-state index contributed by atoms with van der Waals surface area (Å²) < 4.78 is 15.0. The number of carbonyl (C=O) groups excluding carboxylic acids is 1. The molecular formula is C13H6Br3FO. The zero-order chi connectivity index (χ0) is 13.3. The van der Waals surface area contributed by atoms with E-state index >= 15 is 0 Å². The number of ketones is 1. The molecule has 0 radical (unpaired) electrons. The molecule has 0 N–H and O–H groups in total. The zero-order valence-electron chi connectivity index (χ0n) is 8.88. The van der Waals surface area contributed by atoms with Gasteiger partial charge in [0.05, 0.1) is 4.47 Å². The maximum atomic E-state index is 13.1. The molecule has 18 heavy (non-hydrogen) atoms. The third kappa shape index (κ3) is 2.90. The van der Waals surface area contributed by atoms with Gasteiger partial charge < -0.3 is 0 Å². The van der Waals surface area contributed by atoms with Crippen molar-refractivity contribution in [2.24, 2.45) is 0 Å². The molecule has 92 valence electrons. The molecule has 0 aliphatic carbocycles. The molecular weight excluding hydrogens is 431 g/mol. The van der Waals surface area contributed by atoms with E-state index in [1.807, 2.05) is 0 Å². The number of rotatable bonds is 2. The normalized spacial score (nSPS) is 10.4. The van der Waals surface area contributed by atoms with Crippen LogP contribution < -0.4 is 0 Å². The van der Waals surface area contributed by atoms with Crippen LogP contribution >= 0.6 is 47.8 Å². The number of hydrogen-bond acceptors (Lipinski definition) is 1. The van der Waals surface area contributed by atoms with Crippen LogP contribution in [0.1, 0.15) is 15.9 Å². The Kier molecular flexibility index (Phi) is 4.35. The number of hydrogen-bond donors (Lipinski definition) is 0. The van der Waals surface area contributed by atoms with Crippen LogP contribution in [0.4, 0.5) is 4.39 Å². The first-order valence-corrected chi connectivity index (χ1v) is 7.32. The summed E-state index contributed by atoms with van der Waals surface area (Å²) in [6.07, 6.45) is 0. The predicted molar refractivity (Wildman–Crippen MR) is 79.4 cm³/mol. The van der Waals surface area contributed by atoms with Gasteiger partial charge in [-0.1, -0.05) is 15.9 Å².